The first-order valence-corrected chi connectivity index (χ1v) is 12.2. The van der Waals surface area contributed by atoms with Crippen LogP contribution in [0.4, 0.5) is 5.82 Å². The first-order valence-electron chi connectivity index (χ1n) is 11.8. The van der Waals surface area contributed by atoms with Gasteiger partial charge < -0.3 is 14.5 Å². The lowest BCUT2D eigenvalue weighted by Gasteiger charge is -2.26. The molecule has 1 aromatic heterocycles. The number of carbonyl (C=O) groups is 1. The average molecular weight is 479 g/mol. The maximum absolute atomic E-state index is 13.1. The molecule has 4 rings (SSSR count). The Balaban J connectivity index is 1.58. The molecule has 6 nitrogen and oxygen atoms in total. The summed E-state index contributed by atoms with van der Waals surface area (Å²) in [5.41, 5.74) is 4.06. The Morgan fingerprint density at radius 3 is 2.56 bits per heavy atom. The van der Waals surface area contributed by atoms with Crippen LogP contribution in [-0.2, 0) is 12.8 Å². The van der Waals surface area contributed by atoms with Crippen molar-refractivity contribution in [2.24, 2.45) is 0 Å². The van der Waals surface area contributed by atoms with E-state index >= 15 is 0 Å². The fourth-order valence-corrected chi connectivity index (χ4v) is 4.65. The molecule has 0 bridgehead atoms. The number of aromatic nitrogens is 2. The summed E-state index contributed by atoms with van der Waals surface area (Å²) in [4.78, 5) is 27.0. The lowest BCUT2D eigenvalue weighted by molar-refractivity contribution is 0.0767. The summed E-state index contributed by atoms with van der Waals surface area (Å²) >= 11 is 6.11. The van der Waals surface area contributed by atoms with Crippen LogP contribution >= 0.6 is 11.6 Å². The van der Waals surface area contributed by atoms with Crippen molar-refractivity contribution >= 4 is 23.3 Å². The normalized spacial score (nSPS) is 14.1. The molecule has 3 aromatic rings. The molecule has 0 unspecified atom stereocenters. The summed E-state index contributed by atoms with van der Waals surface area (Å²) in [6.45, 7) is 7.00. The molecular weight excluding hydrogens is 448 g/mol. The fraction of sp³-hybridized carbons (Fsp3) is 0.370. The Labute approximate surface area is 206 Å². The molecule has 1 saturated heterocycles. The average Bonchev–Trinajstić information content (AvgIpc) is 3.11. The van der Waals surface area contributed by atoms with Crippen LogP contribution in [0, 0.1) is 6.92 Å². The minimum Gasteiger partial charge on any atom is -0.497 e. The second-order valence-electron chi connectivity index (χ2n) is 8.54. The molecule has 2 heterocycles. The van der Waals surface area contributed by atoms with Crippen LogP contribution in [0.15, 0.2) is 48.5 Å². The Bertz CT molecular complexity index is 1150. The number of nitrogens with zero attached hydrogens (tertiary/aromatic N) is 4. The zero-order valence-corrected chi connectivity index (χ0v) is 20.8. The van der Waals surface area contributed by atoms with Gasteiger partial charge in [-0.05, 0) is 55.7 Å². The van der Waals surface area contributed by atoms with Crippen molar-refractivity contribution in [3.8, 4) is 5.75 Å². The molecule has 0 atom stereocenters. The quantitative estimate of drug-likeness (QED) is 0.501. The molecule has 178 valence electrons. The first-order chi connectivity index (χ1) is 16.5. The van der Waals surface area contributed by atoms with Gasteiger partial charge in [-0.25, -0.2) is 9.97 Å². The van der Waals surface area contributed by atoms with Crippen LogP contribution in [0.3, 0.4) is 0 Å². The number of methoxy groups -OCH3 is 1. The van der Waals surface area contributed by atoms with E-state index in [4.69, 9.17) is 26.3 Å². The summed E-state index contributed by atoms with van der Waals surface area (Å²) in [6, 6.07) is 15.3. The van der Waals surface area contributed by atoms with Crippen molar-refractivity contribution in [2.45, 2.75) is 33.1 Å². The van der Waals surface area contributed by atoms with Gasteiger partial charge in [0.15, 0.2) is 0 Å². The lowest BCUT2D eigenvalue weighted by atomic mass is 10.0. The van der Waals surface area contributed by atoms with E-state index in [-0.39, 0.29) is 5.91 Å². The van der Waals surface area contributed by atoms with E-state index in [1.165, 1.54) is 5.56 Å². The van der Waals surface area contributed by atoms with Gasteiger partial charge in [-0.3, -0.25) is 4.79 Å². The third-order valence-electron chi connectivity index (χ3n) is 6.21. The summed E-state index contributed by atoms with van der Waals surface area (Å²) in [5, 5.41) is 0.578. The first kappa shape index (κ1) is 24.0. The number of aryl methyl sites for hydroxylation is 2. The van der Waals surface area contributed by atoms with E-state index in [0.29, 0.717) is 23.7 Å². The Kier molecular flexibility index (Phi) is 7.68. The highest BCUT2D eigenvalue weighted by atomic mass is 35.5. The highest BCUT2D eigenvalue weighted by Crippen LogP contribution is 2.27. The molecule has 2 aromatic carbocycles. The largest absolute Gasteiger partial charge is 0.497 e. The van der Waals surface area contributed by atoms with Crippen LogP contribution in [-0.4, -0.2) is 54.1 Å². The number of hydrogen-bond acceptors (Lipinski definition) is 5. The maximum atomic E-state index is 13.1. The highest BCUT2D eigenvalue weighted by Gasteiger charge is 2.24. The molecule has 0 spiro atoms. The smallest absolute Gasteiger partial charge is 0.253 e. The standard InChI is InChI=1S/C27H31ClN4O2/c1-4-25-24(17-20-9-11-23(34-3)12-10-20)26(30-19(2)29-25)31-13-6-14-32(16-15-31)27(33)21-7-5-8-22(28)18-21/h5,7-12,18H,4,6,13-17H2,1-3H3. The van der Waals surface area contributed by atoms with E-state index in [0.717, 1.165) is 61.0 Å². The van der Waals surface area contributed by atoms with Crippen molar-refractivity contribution in [1.82, 2.24) is 14.9 Å². The summed E-state index contributed by atoms with van der Waals surface area (Å²) in [7, 11) is 1.68. The Morgan fingerprint density at radius 1 is 1.06 bits per heavy atom. The number of benzene rings is 2. The Hall–Kier alpha value is -3.12. The molecule has 0 aliphatic carbocycles. The van der Waals surface area contributed by atoms with Crippen LogP contribution in [0.2, 0.25) is 5.02 Å². The predicted octanol–water partition coefficient (Wildman–Crippen LogP) is 4.95. The summed E-state index contributed by atoms with van der Waals surface area (Å²) < 4.78 is 5.31. The van der Waals surface area contributed by atoms with E-state index < -0.39 is 0 Å². The van der Waals surface area contributed by atoms with Crippen LogP contribution in [0.1, 0.15) is 46.3 Å². The van der Waals surface area contributed by atoms with E-state index in [2.05, 4.69) is 24.0 Å². The van der Waals surface area contributed by atoms with Gasteiger partial charge >= 0.3 is 0 Å². The molecule has 1 aliphatic rings. The molecule has 0 saturated carbocycles. The van der Waals surface area contributed by atoms with Crippen molar-refractivity contribution in [1.29, 1.82) is 0 Å². The molecule has 1 fully saturated rings. The third kappa shape index (κ3) is 5.50. The monoisotopic (exact) mass is 478 g/mol. The molecular formula is C27H31ClN4O2. The van der Waals surface area contributed by atoms with Gasteiger partial charge in [0.25, 0.3) is 5.91 Å². The molecule has 0 radical (unpaired) electrons. The second kappa shape index (κ2) is 10.9. The van der Waals surface area contributed by atoms with Gasteiger partial charge in [0.05, 0.1) is 7.11 Å². The second-order valence-corrected chi connectivity index (χ2v) is 8.98. The molecule has 0 N–H and O–H groups in total. The molecule has 1 aliphatic heterocycles. The summed E-state index contributed by atoms with van der Waals surface area (Å²) in [5.74, 6) is 2.63. The zero-order chi connectivity index (χ0) is 24.1. The number of ether oxygens (including phenoxy) is 1. The maximum Gasteiger partial charge on any atom is 0.253 e. The molecule has 1 amide bonds. The van der Waals surface area contributed by atoms with E-state index in [9.17, 15) is 4.79 Å². The fourth-order valence-electron chi connectivity index (χ4n) is 4.46. The van der Waals surface area contributed by atoms with Gasteiger partial charge in [0.2, 0.25) is 0 Å². The third-order valence-corrected chi connectivity index (χ3v) is 6.45. The SMILES string of the molecule is CCc1nc(C)nc(N2CCCN(C(=O)c3cccc(Cl)c3)CC2)c1Cc1ccc(OC)cc1. The number of amides is 1. The van der Waals surface area contributed by atoms with E-state index in [1.54, 1.807) is 19.2 Å². The number of anilines is 1. The van der Waals surface area contributed by atoms with E-state index in [1.807, 2.05) is 36.1 Å². The van der Waals surface area contributed by atoms with Gasteiger partial charge in [-0.1, -0.05) is 36.7 Å². The predicted molar refractivity (Wildman–Crippen MR) is 136 cm³/mol. The van der Waals surface area contributed by atoms with Gasteiger partial charge in [0, 0.05) is 54.4 Å². The number of hydrogen-bond donors (Lipinski definition) is 0. The van der Waals surface area contributed by atoms with Crippen molar-refractivity contribution < 1.29 is 9.53 Å². The summed E-state index contributed by atoms with van der Waals surface area (Å²) in [6.07, 6.45) is 2.47. The Morgan fingerprint density at radius 2 is 1.85 bits per heavy atom. The zero-order valence-electron chi connectivity index (χ0n) is 20.1. The van der Waals surface area contributed by atoms with Gasteiger partial charge in [-0.2, -0.15) is 0 Å². The van der Waals surface area contributed by atoms with Crippen molar-refractivity contribution in [3.05, 3.63) is 81.8 Å². The molecule has 34 heavy (non-hydrogen) atoms. The number of halogens is 1. The van der Waals surface area contributed by atoms with Crippen molar-refractivity contribution in [3.63, 3.8) is 0 Å². The number of rotatable bonds is 6. The number of carbonyl (C=O) groups excluding carboxylic acids is 1. The van der Waals surface area contributed by atoms with Crippen LogP contribution in [0.25, 0.3) is 0 Å². The molecule has 7 heteroatoms. The van der Waals surface area contributed by atoms with Gasteiger partial charge in [-0.15, -0.1) is 0 Å². The minimum atomic E-state index is 0.0240. The topological polar surface area (TPSA) is 58.6 Å². The minimum absolute atomic E-state index is 0.0240. The highest BCUT2D eigenvalue weighted by molar-refractivity contribution is 6.30. The van der Waals surface area contributed by atoms with Gasteiger partial charge in [0.1, 0.15) is 17.4 Å². The van der Waals surface area contributed by atoms with Crippen LogP contribution < -0.4 is 9.64 Å². The van der Waals surface area contributed by atoms with Crippen molar-refractivity contribution in [2.75, 3.05) is 38.2 Å². The van der Waals surface area contributed by atoms with Crippen LogP contribution in [0.5, 0.6) is 5.75 Å². The lowest BCUT2D eigenvalue weighted by Crippen LogP contribution is -2.35.